The normalized spacial score (nSPS) is 13.1. The molecule has 1 atom stereocenters. The molecule has 21 heavy (non-hydrogen) atoms. The van der Waals surface area contributed by atoms with Crippen LogP contribution < -0.4 is 4.72 Å². The number of carboxylic acids is 1. The van der Waals surface area contributed by atoms with Crippen molar-refractivity contribution in [2.45, 2.75) is 24.7 Å². The Labute approximate surface area is 122 Å². The number of carboxylic acid groups (broad SMARTS) is 1. The highest BCUT2D eigenvalue weighted by Gasteiger charge is 2.22. The molecule has 0 aliphatic heterocycles. The van der Waals surface area contributed by atoms with Crippen LogP contribution in [-0.4, -0.2) is 37.8 Å². The van der Waals surface area contributed by atoms with Gasteiger partial charge in [-0.1, -0.05) is 13.3 Å². The number of carbonyl (C=O) groups is 1. The summed E-state index contributed by atoms with van der Waals surface area (Å²) < 4.78 is 40.0. The van der Waals surface area contributed by atoms with Gasteiger partial charge in [0.15, 0.2) is 0 Å². The number of sulfonamides is 1. The van der Waals surface area contributed by atoms with Crippen LogP contribution in [0.2, 0.25) is 0 Å². The third kappa shape index (κ3) is 4.76. The molecular weight excluding hydrogens is 301 g/mol. The van der Waals surface area contributed by atoms with Gasteiger partial charge >= 0.3 is 5.97 Å². The molecule has 0 amide bonds. The molecule has 8 heteroatoms. The Kier molecular flexibility index (Phi) is 6.25. The quantitative estimate of drug-likeness (QED) is 0.668. The number of benzene rings is 1. The molecule has 1 aromatic rings. The van der Waals surface area contributed by atoms with Crippen molar-refractivity contribution in [1.82, 2.24) is 4.72 Å². The van der Waals surface area contributed by atoms with Crippen LogP contribution in [0.3, 0.4) is 0 Å². The van der Waals surface area contributed by atoms with E-state index in [2.05, 4.69) is 4.72 Å². The molecule has 1 unspecified atom stereocenters. The summed E-state index contributed by atoms with van der Waals surface area (Å²) in [7, 11) is -4.14. The number of hydrogen-bond donors (Lipinski definition) is 3. The summed E-state index contributed by atoms with van der Waals surface area (Å²) >= 11 is 0. The lowest BCUT2D eigenvalue weighted by molar-refractivity contribution is 0.0696. The monoisotopic (exact) mass is 319 g/mol. The van der Waals surface area contributed by atoms with E-state index < -0.39 is 26.7 Å². The van der Waals surface area contributed by atoms with Crippen molar-refractivity contribution < 1.29 is 27.8 Å². The van der Waals surface area contributed by atoms with E-state index >= 15 is 0 Å². The molecule has 0 saturated heterocycles. The zero-order valence-electron chi connectivity index (χ0n) is 11.5. The third-order valence-corrected chi connectivity index (χ3v) is 4.58. The minimum atomic E-state index is -4.14. The van der Waals surface area contributed by atoms with Crippen LogP contribution in [0.25, 0.3) is 0 Å². The molecule has 0 fully saturated rings. The number of halogens is 1. The number of rotatable bonds is 8. The largest absolute Gasteiger partial charge is 0.478 e. The van der Waals surface area contributed by atoms with Gasteiger partial charge in [-0.2, -0.15) is 0 Å². The van der Waals surface area contributed by atoms with Gasteiger partial charge in [-0.15, -0.1) is 0 Å². The molecule has 0 aliphatic rings. The highest BCUT2D eigenvalue weighted by molar-refractivity contribution is 7.89. The fourth-order valence-electron chi connectivity index (χ4n) is 1.78. The number of aromatic carboxylic acids is 1. The number of nitrogens with one attached hydrogen (secondary N) is 1. The molecule has 0 heterocycles. The van der Waals surface area contributed by atoms with E-state index in [0.29, 0.717) is 12.8 Å². The Morgan fingerprint density at radius 3 is 2.62 bits per heavy atom. The van der Waals surface area contributed by atoms with Crippen LogP contribution in [0.5, 0.6) is 0 Å². The van der Waals surface area contributed by atoms with Crippen molar-refractivity contribution in [3.8, 4) is 0 Å². The lowest BCUT2D eigenvalue weighted by atomic mass is 10.0. The Morgan fingerprint density at radius 2 is 2.10 bits per heavy atom. The molecule has 1 aromatic carbocycles. The molecule has 3 N–H and O–H groups in total. The minimum Gasteiger partial charge on any atom is -0.478 e. The number of aliphatic hydroxyl groups is 1. The molecule has 6 nitrogen and oxygen atoms in total. The van der Waals surface area contributed by atoms with Crippen LogP contribution >= 0.6 is 0 Å². The van der Waals surface area contributed by atoms with E-state index in [4.69, 9.17) is 10.2 Å². The van der Waals surface area contributed by atoms with Crippen molar-refractivity contribution in [2.24, 2.45) is 5.92 Å². The van der Waals surface area contributed by atoms with Crippen LogP contribution in [-0.2, 0) is 10.0 Å². The second-order valence-corrected chi connectivity index (χ2v) is 6.32. The predicted molar refractivity (Wildman–Crippen MR) is 74.0 cm³/mol. The van der Waals surface area contributed by atoms with Crippen molar-refractivity contribution in [3.63, 3.8) is 0 Å². The first-order valence-corrected chi connectivity index (χ1v) is 7.93. The summed E-state index contributed by atoms with van der Waals surface area (Å²) in [6, 6.07) is 2.59. The highest BCUT2D eigenvalue weighted by atomic mass is 32.2. The molecule has 0 aromatic heterocycles. The van der Waals surface area contributed by atoms with E-state index in [9.17, 15) is 17.6 Å². The van der Waals surface area contributed by atoms with Crippen molar-refractivity contribution >= 4 is 16.0 Å². The summed E-state index contributed by atoms with van der Waals surface area (Å²) in [6.45, 7) is 1.83. The Morgan fingerprint density at radius 1 is 1.43 bits per heavy atom. The second-order valence-electron chi connectivity index (χ2n) is 4.59. The average molecular weight is 319 g/mol. The summed E-state index contributed by atoms with van der Waals surface area (Å²) in [6.07, 6.45) is 1.08. The molecular formula is C13H18FNO5S. The molecule has 1 rings (SSSR count). The van der Waals surface area contributed by atoms with Crippen molar-refractivity contribution in [1.29, 1.82) is 0 Å². The fourth-order valence-corrected chi connectivity index (χ4v) is 3.00. The van der Waals surface area contributed by atoms with Crippen molar-refractivity contribution in [2.75, 3.05) is 13.2 Å². The van der Waals surface area contributed by atoms with Gasteiger partial charge in [0, 0.05) is 13.2 Å². The Bertz CT molecular complexity index is 603. The zero-order valence-corrected chi connectivity index (χ0v) is 12.4. The van der Waals surface area contributed by atoms with Gasteiger partial charge in [-0.3, -0.25) is 0 Å². The molecule has 0 spiro atoms. The van der Waals surface area contributed by atoms with Crippen LogP contribution in [0, 0.1) is 11.7 Å². The summed E-state index contributed by atoms with van der Waals surface area (Å²) in [5.74, 6) is -2.42. The summed E-state index contributed by atoms with van der Waals surface area (Å²) in [4.78, 5) is 10.1. The first-order valence-electron chi connectivity index (χ1n) is 6.45. The fraction of sp³-hybridized carbons (Fsp3) is 0.462. The van der Waals surface area contributed by atoms with E-state index in [1.807, 2.05) is 6.92 Å². The van der Waals surface area contributed by atoms with Gasteiger partial charge in [0.05, 0.1) is 5.56 Å². The number of aliphatic hydroxyl groups excluding tert-OH is 1. The standard InChI is InChI=1S/C13H18FNO5S/c1-2-9(5-6-16)8-15-21(19,20)12-7-10(13(17)18)3-4-11(12)14/h3-4,7,9,15-16H,2,5-6,8H2,1H3,(H,17,18). The average Bonchev–Trinajstić information content (AvgIpc) is 2.43. The molecule has 118 valence electrons. The highest BCUT2D eigenvalue weighted by Crippen LogP contribution is 2.17. The zero-order chi connectivity index (χ0) is 16.0. The predicted octanol–water partition coefficient (Wildman–Crippen LogP) is 1.21. The maximum atomic E-state index is 13.6. The molecule has 0 bridgehead atoms. The van der Waals surface area contributed by atoms with E-state index in [1.165, 1.54) is 0 Å². The lowest BCUT2D eigenvalue weighted by Gasteiger charge is -2.15. The minimum absolute atomic E-state index is 0.0517. The van der Waals surface area contributed by atoms with E-state index in [-0.39, 0.29) is 24.6 Å². The maximum Gasteiger partial charge on any atom is 0.335 e. The van der Waals surface area contributed by atoms with Crippen LogP contribution in [0.4, 0.5) is 4.39 Å². The summed E-state index contributed by atoms with van der Waals surface area (Å²) in [5, 5.41) is 17.7. The number of hydrogen-bond acceptors (Lipinski definition) is 4. The first kappa shape index (κ1) is 17.5. The van der Waals surface area contributed by atoms with Gasteiger partial charge < -0.3 is 10.2 Å². The molecule has 0 radical (unpaired) electrons. The smallest absolute Gasteiger partial charge is 0.335 e. The van der Waals surface area contributed by atoms with Gasteiger partial charge in [0.2, 0.25) is 10.0 Å². The van der Waals surface area contributed by atoms with Crippen LogP contribution in [0.15, 0.2) is 23.1 Å². The molecule has 0 aliphatic carbocycles. The molecule has 0 saturated carbocycles. The SMILES string of the molecule is CCC(CCO)CNS(=O)(=O)c1cc(C(=O)O)ccc1F. The Balaban J connectivity index is 2.97. The van der Waals surface area contributed by atoms with Gasteiger partial charge in [0.25, 0.3) is 0 Å². The van der Waals surface area contributed by atoms with Gasteiger partial charge in [0.1, 0.15) is 10.7 Å². The van der Waals surface area contributed by atoms with E-state index in [1.54, 1.807) is 0 Å². The third-order valence-electron chi connectivity index (χ3n) is 3.14. The Hall–Kier alpha value is -1.51. The first-order chi connectivity index (χ1) is 9.81. The van der Waals surface area contributed by atoms with Gasteiger partial charge in [-0.25, -0.2) is 22.3 Å². The topological polar surface area (TPSA) is 104 Å². The maximum absolute atomic E-state index is 13.6. The second kappa shape index (κ2) is 7.48. The van der Waals surface area contributed by atoms with E-state index in [0.717, 1.165) is 18.2 Å². The summed E-state index contributed by atoms with van der Waals surface area (Å²) in [5.41, 5.74) is -0.306. The van der Waals surface area contributed by atoms with Gasteiger partial charge in [-0.05, 0) is 30.5 Å². The van der Waals surface area contributed by atoms with Crippen molar-refractivity contribution in [3.05, 3.63) is 29.6 Å². The lowest BCUT2D eigenvalue weighted by Crippen LogP contribution is -2.30. The van der Waals surface area contributed by atoms with Crippen LogP contribution in [0.1, 0.15) is 30.1 Å².